The van der Waals surface area contributed by atoms with E-state index in [4.69, 9.17) is 0 Å². The molecule has 112 valence electrons. The number of hydrogen-bond donors (Lipinski definition) is 1. The molecule has 19 heavy (non-hydrogen) atoms. The quantitative estimate of drug-likeness (QED) is 0.756. The summed E-state index contributed by atoms with van der Waals surface area (Å²) in [7, 11) is 0. The molecular weight excluding hydrogens is 232 g/mol. The highest BCUT2D eigenvalue weighted by Gasteiger charge is 2.41. The fraction of sp³-hybridized carbons (Fsp3) is 1.00. The Morgan fingerprint density at radius 3 is 2.47 bits per heavy atom. The van der Waals surface area contributed by atoms with Gasteiger partial charge in [-0.1, -0.05) is 34.1 Å². The van der Waals surface area contributed by atoms with Crippen LogP contribution in [0.3, 0.4) is 0 Å². The van der Waals surface area contributed by atoms with Crippen LogP contribution >= 0.6 is 0 Å². The lowest BCUT2D eigenvalue weighted by Gasteiger charge is -2.49. The first-order chi connectivity index (χ1) is 9.08. The van der Waals surface area contributed by atoms with Crippen LogP contribution in [0.15, 0.2) is 0 Å². The van der Waals surface area contributed by atoms with Gasteiger partial charge in [0, 0.05) is 18.6 Å². The van der Waals surface area contributed by atoms with E-state index in [2.05, 4.69) is 37.9 Å². The highest BCUT2D eigenvalue weighted by atomic mass is 15.2. The first-order valence-electron chi connectivity index (χ1n) is 8.56. The molecule has 2 nitrogen and oxygen atoms in total. The smallest absolute Gasteiger partial charge is 0.0274 e. The van der Waals surface area contributed by atoms with Gasteiger partial charge in [0.1, 0.15) is 0 Å². The zero-order valence-electron chi connectivity index (χ0n) is 13.5. The predicted octanol–water partition coefficient (Wildman–Crippen LogP) is 3.67. The summed E-state index contributed by atoms with van der Waals surface area (Å²) >= 11 is 0. The van der Waals surface area contributed by atoms with Crippen molar-refractivity contribution in [3.63, 3.8) is 0 Å². The minimum atomic E-state index is 0.453. The molecule has 2 atom stereocenters. The van der Waals surface area contributed by atoms with Crippen molar-refractivity contribution in [1.82, 2.24) is 10.2 Å². The van der Waals surface area contributed by atoms with Gasteiger partial charge in [-0.05, 0) is 56.5 Å². The molecule has 0 radical (unpaired) electrons. The average molecular weight is 266 g/mol. The Hall–Kier alpha value is -0.0800. The molecule has 0 aromatic rings. The lowest BCUT2D eigenvalue weighted by Crippen LogP contribution is -2.59. The van der Waals surface area contributed by atoms with Gasteiger partial charge in [0.25, 0.3) is 0 Å². The van der Waals surface area contributed by atoms with Crippen LogP contribution in [-0.2, 0) is 0 Å². The van der Waals surface area contributed by atoms with Crippen molar-refractivity contribution in [2.24, 2.45) is 11.3 Å². The summed E-state index contributed by atoms with van der Waals surface area (Å²) in [5, 5.41) is 3.82. The SMILES string of the molecule is CCCN(CC1CC1)C1CCCC(C)(C)C1NCC. The largest absolute Gasteiger partial charge is 0.312 e. The summed E-state index contributed by atoms with van der Waals surface area (Å²) in [4.78, 5) is 2.83. The maximum absolute atomic E-state index is 3.82. The highest BCUT2D eigenvalue weighted by Crippen LogP contribution is 2.39. The van der Waals surface area contributed by atoms with Gasteiger partial charge in [-0.25, -0.2) is 0 Å². The third-order valence-electron chi connectivity index (χ3n) is 5.14. The number of nitrogens with one attached hydrogen (secondary N) is 1. The summed E-state index contributed by atoms with van der Waals surface area (Å²) < 4.78 is 0. The Labute approximate surface area is 120 Å². The summed E-state index contributed by atoms with van der Waals surface area (Å²) in [5.41, 5.74) is 0.453. The average Bonchev–Trinajstić information content (AvgIpc) is 3.15. The molecule has 0 saturated heterocycles. The number of hydrogen-bond acceptors (Lipinski definition) is 2. The van der Waals surface area contributed by atoms with Crippen LogP contribution in [0.2, 0.25) is 0 Å². The highest BCUT2D eigenvalue weighted by molar-refractivity contribution is 4.98. The molecule has 0 heterocycles. The molecule has 2 aliphatic carbocycles. The molecule has 2 heteroatoms. The van der Waals surface area contributed by atoms with Crippen molar-refractivity contribution in [3.05, 3.63) is 0 Å². The zero-order valence-corrected chi connectivity index (χ0v) is 13.5. The Balaban J connectivity index is 2.06. The van der Waals surface area contributed by atoms with Gasteiger partial charge in [-0.15, -0.1) is 0 Å². The molecule has 0 amide bonds. The molecule has 2 rings (SSSR count). The Morgan fingerprint density at radius 2 is 1.89 bits per heavy atom. The van der Waals surface area contributed by atoms with Crippen molar-refractivity contribution < 1.29 is 0 Å². The summed E-state index contributed by atoms with van der Waals surface area (Å²) in [6.45, 7) is 13.3. The normalized spacial score (nSPS) is 30.8. The number of likely N-dealkylation sites (N-methyl/N-ethyl adjacent to an activating group) is 1. The molecule has 2 unspecified atom stereocenters. The molecule has 0 spiro atoms. The van der Waals surface area contributed by atoms with Gasteiger partial charge in [-0.3, -0.25) is 4.90 Å². The van der Waals surface area contributed by atoms with E-state index in [1.807, 2.05) is 0 Å². The van der Waals surface area contributed by atoms with Crippen LogP contribution in [0.4, 0.5) is 0 Å². The van der Waals surface area contributed by atoms with E-state index in [-0.39, 0.29) is 0 Å². The van der Waals surface area contributed by atoms with Gasteiger partial charge in [-0.2, -0.15) is 0 Å². The Bertz CT molecular complexity index is 270. The minimum absolute atomic E-state index is 0.453. The van der Waals surface area contributed by atoms with Gasteiger partial charge < -0.3 is 5.32 Å². The van der Waals surface area contributed by atoms with Gasteiger partial charge >= 0.3 is 0 Å². The minimum Gasteiger partial charge on any atom is -0.312 e. The van der Waals surface area contributed by atoms with Crippen LogP contribution < -0.4 is 5.32 Å². The van der Waals surface area contributed by atoms with Crippen molar-refractivity contribution in [2.45, 2.75) is 78.3 Å². The first-order valence-corrected chi connectivity index (χ1v) is 8.56. The van der Waals surface area contributed by atoms with Gasteiger partial charge in [0.2, 0.25) is 0 Å². The summed E-state index contributed by atoms with van der Waals surface area (Å²) in [6.07, 6.45) is 8.43. The third kappa shape index (κ3) is 3.95. The molecule has 0 bridgehead atoms. The maximum Gasteiger partial charge on any atom is 0.0274 e. The topological polar surface area (TPSA) is 15.3 Å². The van der Waals surface area contributed by atoms with Crippen LogP contribution in [0.25, 0.3) is 0 Å². The molecule has 0 aliphatic heterocycles. The van der Waals surface area contributed by atoms with E-state index in [1.165, 1.54) is 51.6 Å². The lowest BCUT2D eigenvalue weighted by molar-refractivity contribution is 0.0461. The first kappa shape index (κ1) is 15.3. The monoisotopic (exact) mass is 266 g/mol. The van der Waals surface area contributed by atoms with E-state index in [1.54, 1.807) is 0 Å². The fourth-order valence-electron chi connectivity index (χ4n) is 3.95. The van der Waals surface area contributed by atoms with Crippen molar-refractivity contribution in [3.8, 4) is 0 Å². The second kappa shape index (κ2) is 6.58. The van der Waals surface area contributed by atoms with Crippen LogP contribution in [0.1, 0.15) is 66.2 Å². The third-order valence-corrected chi connectivity index (χ3v) is 5.14. The van der Waals surface area contributed by atoms with E-state index >= 15 is 0 Å². The molecule has 0 aromatic heterocycles. The second-order valence-corrected chi connectivity index (χ2v) is 7.42. The number of rotatable bonds is 7. The summed E-state index contributed by atoms with van der Waals surface area (Å²) in [5.74, 6) is 1.01. The molecule has 2 fully saturated rings. The molecule has 2 aliphatic rings. The fourth-order valence-corrected chi connectivity index (χ4v) is 3.95. The van der Waals surface area contributed by atoms with Gasteiger partial charge in [0.05, 0.1) is 0 Å². The summed E-state index contributed by atoms with van der Waals surface area (Å²) in [6, 6.07) is 1.45. The zero-order chi connectivity index (χ0) is 13.9. The Kier molecular flexibility index (Phi) is 5.30. The van der Waals surface area contributed by atoms with Crippen molar-refractivity contribution in [1.29, 1.82) is 0 Å². The van der Waals surface area contributed by atoms with E-state index in [0.29, 0.717) is 11.5 Å². The van der Waals surface area contributed by atoms with Crippen molar-refractivity contribution >= 4 is 0 Å². The van der Waals surface area contributed by atoms with Crippen LogP contribution in [0.5, 0.6) is 0 Å². The maximum atomic E-state index is 3.82. The van der Waals surface area contributed by atoms with E-state index in [9.17, 15) is 0 Å². The van der Waals surface area contributed by atoms with Crippen LogP contribution in [0, 0.1) is 11.3 Å². The number of nitrogens with zero attached hydrogens (tertiary/aromatic N) is 1. The van der Waals surface area contributed by atoms with Crippen LogP contribution in [-0.4, -0.2) is 36.6 Å². The molecule has 2 saturated carbocycles. The second-order valence-electron chi connectivity index (χ2n) is 7.42. The van der Waals surface area contributed by atoms with Gasteiger partial charge in [0.15, 0.2) is 0 Å². The molecular formula is C17H34N2. The predicted molar refractivity (Wildman–Crippen MR) is 83.5 cm³/mol. The Morgan fingerprint density at radius 1 is 1.16 bits per heavy atom. The van der Waals surface area contributed by atoms with E-state index < -0.39 is 0 Å². The standard InChI is InChI=1S/C17H34N2/c1-5-12-19(13-14-9-10-14)15-8-7-11-17(3,4)16(15)18-6-2/h14-16,18H,5-13H2,1-4H3. The van der Waals surface area contributed by atoms with Crippen molar-refractivity contribution in [2.75, 3.05) is 19.6 Å². The van der Waals surface area contributed by atoms with E-state index in [0.717, 1.165) is 18.5 Å². The molecule has 1 N–H and O–H groups in total. The molecule has 0 aromatic carbocycles. The lowest BCUT2D eigenvalue weighted by atomic mass is 9.70.